The van der Waals surface area contributed by atoms with Gasteiger partial charge in [-0.05, 0) is 45.2 Å². The second-order valence-corrected chi connectivity index (χ2v) is 9.54. The van der Waals surface area contributed by atoms with Gasteiger partial charge in [0.15, 0.2) is 15.8 Å². The number of guanidine groups is 1. The molecule has 1 fully saturated rings. The topological polar surface area (TPSA) is 83.7 Å². The van der Waals surface area contributed by atoms with Crippen molar-refractivity contribution in [1.29, 1.82) is 0 Å². The molecule has 0 bridgehead atoms. The van der Waals surface area contributed by atoms with Gasteiger partial charge in [0.25, 0.3) is 0 Å². The fourth-order valence-corrected chi connectivity index (χ4v) is 4.98. The number of hydrogen-bond acceptors (Lipinski definition) is 4. The fourth-order valence-electron chi connectivity index (χ4n) is 3.13. The lowest BCUT2D eigenvalue weighted by atomic mass is 10.1. The fraction of sp³-hybridized carbons (Fsp3) is 0.526. The van der Waals surface area contributed by atoms with Gasteiger partial charge >= 0.3 is 0 Å². The second-order valence-electron chi connectivity index (χ2n) is 7.31. The normalized spacial score (nSPS) is 21.2. The van der Waals surface area contributed by atoms with E-state index in [1.807, 2.05) is 51.1 Å². The molecule has 0 spiro atoms. The summed E-state index contributed by atoms with van der Waals surface area (Å²) in [5.74, 6) is 2.14. The third kappa shape index (κ3) is 4.78. The first-order valence-corrected chi connectivity index (χ1v) is 10.9. The Labute approximate surface area is 155 Å². The van der Waals surface area contributed by atoms with Crippen LogP contribution < -0.4 is 10.6 Å². The minimum absolute atomic E-state index is 0.0558. The average molecular weight is 378 g/mol. The Hall–Kier alpha value is -2.02. The minimum atomic E-state index is -2.87. The number of benzene rings is 1. The molecule has 2 heterocycles. The van der Waals surface area contributed by atoms with E-state index in [-0.39, 0.29) is 29.5 Å². The van der Waals surface area contributed by atoms with Crippen molar-refractivity contribution in [2.24, 2.45) is 10.9 Å². The van der Waals surface area contributed by atoms with Crippen molar-refractivity contribution in [2.75, 3.05) is 18.1 Å². The van der Waals surface area contributed by atoms with Crippen molar-refractivity contribution >= 4 is 26.8 Å². The molecule has 0 radical (unpaired) electrons. The molecule has 1 aromatic carbocycles. The lowest BCUT2D eigenvalue weighted by molar-refractivity contribution is 0.485. The summed E-state index contributed by atoms with van der Waals surface area (Å²) in [7, 11) is -2.87. The summed E-state index contributed by atoms with van der Waals surface area (Å²) >= 11 is 0. The van der Waals surface area contributed by atoms with E-state index < -0.39 is 9.84 Å². The molecule has 1 aromatic heterocycles. The maximum absolute atomic E-state index is 11.6. The number of rotatable bonds is 5. The van der Waals surface area contributed by atoms with Crippen molar-refractivity contribution in [3.63, 3.8) is 0 Å². The summed E-state index contributed by atoms with van der Waals surface area (Å²) in [6, 6.07) is 10.1. The van der Waals surface area contributed by atoms with Crippen LogP contribution in [0.15, 0.2) is 39.7 Å². The highest BCUT2D eigenvalue weighted by Crippen LogP contribution is 2.23. The molecule has 0 amide bonds. The van der Waals surface area contributed by atoms with Crippen molar-refractivity contribution in [2.45, 2.75) is 39.3 Å². The van der Waals surface area contributed by atoms with Crippen LogP contribution in [0.1, 0.15) is 39.0 Å². The van der Waals surface area contributed by atoms with Gasteiger partial charge in [0.1, 0.15) is 11.3 Å². The summed E-state index contributed by atoms with van der Waals surface area (Å²) in [5.41, 5.74) is 0.864. The maximum Gasteiger partial charge on any atom is 0.192 e. The van der Waals surface area contributed by atoms with Crippen LogP contribution in [0.4, 0.5) is 0 Å². The Morgan fingerprint density at radius 2 is 2.04 bits per heavy atom. The van der Waals surface area contributed by atoms with Crippen LogP contribution in [0.25, 0.3) is 11.0 Å². The number of para-hydroxylation sites is 1. The van der Waals surface area contributed by atoms with Crippen LogP contribution in [0.5, 0.6) is 0 Å². The molecule has 7 heteroatoms. The smallest absolute Gasteiger partial charge is 0.192 e. The molecule has 3 rings (SSSR count). The van der Waals surface area contributed by atoms with Crippen LogP contribution in [0, 0.1) is 5.92 Å². The summed E-state index contributed by atoms with van der Waals surface area (Å²) in [6.07, 6.45) is 0.694. The van der Waals surface area contributed by atoms with E-state index in [1.165, 1.54) is 0 Å². The summed E-state index contributed by atoms with van der Waals surface area (Å²) in [4.78, 5) is 4.62. The molecule has 6 nitrogen and oxygen atoms in total. The first kappa shape index (κ1) is 18.8. The number of nitrogens with one attached hydrogen (secondary N) is 2. The Balaban J connectivity index is 1.69. The minimum Gasteiger partial charge on any atom is -0.459 e. The van der Waals surface area contributed by atoms with Gasteiger partial charge in [0.2, 0.25) is 0 Å². The quantitative estimate of drug-likeness (QED) is 0.618. The summed E-state index contributed by atoms with van der Waals surface area (Å²) < 4.78 is 29.2. The third-order valence-electron chi connectivity index (χ3n) is 4.48. The predicted molar refractivity (Wildman–Crippen MR) is 105 cm³/mol. The first-order valence-electron chi connectivity index (χ1n) is 9.09. The van der Waals surface area contributed by atoms with Gasteiger partial charge in [0.05, 0.1) is 17.5 Å². The number of hydrogen-bond donors (Lipinski definition) is 2. The Morgan fingerprint density at radius 1 is 1.27 bits per heavy atom. The van der Waals surface area contributed by atoms with Gasteiger partial charge < -0.3 is 15.1 Å². The largest absolute Gasteiger partial charge is 0.459 e. The van der Waals surface area contributed by atoms with Gasteiger partial charge in [-0.1, -0.05) is 18.2 Å². The summed E-state index contributed by atoms with van der Waals surface area (Å²) in [6.45, 7) is 6.62. The van der Waals surface area contributed by atoms with Crippen LogP contribution in [0.3, 0.4) is 0 Å². The van der Waals surface area contributed by atoms with E-state index in [1.54, 1.807) is 0 Å². The van der Waals surface area contributed by atoms with Gasteiger partial charge in [0, 0.05) is 18.0 Å². The van der Waals surface area contributed by atoms with E-state index in [9.17, 15) is 8.42 Å². The van der Waals surface area contributed by atoms with Gasteiger partial charge in [-0.15, -0.1) is 0 Å². The molecule has 142 valence electrons. The molecule has 1 aliphatic heterocycles. The van der Waals surface area contributed by atoms with Crippen LogP contribution in [-0.2, 0) is 9.84 Å². The third-order valence-corrected chi connectivity index (χ3v) is 6.32. The molecule has 2 aromatic rings. The lowest BCUT2D eigenvalue weighted by Gasteiger charge is -2.19. The Morgan fingerprint density at radius 3 is 2.69 bits per heavy atom. The van der Waals surface area contributed by atoms with Crippen LogP contribution in [-0.4, -0.2) is 38.5 Å². The standard InChI is InChI=1S/C19H27N3O3S/c1-13(2)21-19(20-11-15-8-9-26(23,24)12-15)22-14(3)18-10-16-6-4-5-7-17(16)25-18/h4-7,10,13-15H,8-9,11-12H2,1-3H3,(H2,20,21,22). The highest BCUT2D eigenvalue weighted by atomic mass is 32.2. The zero-order valence-corrected chi connectivity index (χ0v) is 16.3. The molecule has 1 saturated heterocycles. The number of sulfone groups is 1. The average Bonchev–Trinajstić information content (AvgIpc) is 3.15. The zero-order chi connectivity index (χ0) is 18.7. The van der Waals surface area contributed by atoms with Crippen LogP contribution in [0.2, 0.25) is 0 Å². The molecular weight excluding hydrogens is 350 g/mol. The van der Waals surface area contributed by atoms with Crippen molar-refractivity contribution in [1.82, 2.24) is 10.6 Å². The monoisotopic (exact) mass is 377 g/mol. The van der Waals surface area contributed by atoms with Gasteiger partial charge in [-0.25, -0.2) is 8.42 Å². The van der Waals surface area contributed by atoms with Crippen molar-refractivity contribution in [3.05, 3.63) is 36.1 Å². The molecule has 1 aliphatic rings. The van der Waals surface area contributed by atoms with Gasteiger partial charge in [-0.3, -0.25) is 4.99 Å². The lowest BCUT2D eigenvalue weighted by Crippen LogP contribution is -2.42. The van der Waals surface area contributed by atoms with E-state index in [4.69, 9.17) is 4.42 Å². The van der Waals surface area contributed by atoms with E-state index in [2.05, 4.69) is 15.6 Å². The highest BCUT2D eigenvalue weighted by Gasteiger charge is 2.27. The van der Waals surface area contributed by atoms with Gasteiger partial charge in [-0.2, -0.15) is 0 Å². The number of fused-ring (bicyclic) bond motifs is 1. The molecule has 2 unspecified atom stereocenters. The molecule has 0 aliphatic carbocycles. The molecule has 2 N–H and O–H groups in total. The number of aliphatic imine (C=N–C) groups is 1. The zero-order valence-electron chi connectivity index (χ0n) is 15.5. The molecule has 0 saturated carbocycles. The molecule has 2 atom stereocenters. The summed E-state index contributed by atoms with van der Waals surface area (Å²) in [5, 5.41) is 7.74. The molecular formula is C19H27N3O3S. The first-order chi connectivity index (χ1) is 12.3. The molecule has 26 heavy (non-hydrogen) atoms. The Bertz CT molecular complexity index is 853. The van der Waals surface area contributed by atoms with E-state index in [0.717, 1.165) is 16.7 Å². The van der Waals surface area contributed by atoms with E-state index >= 15 is 0 Å². The number of nitrogens with zero attached hydrogens (tertiary/aromatic N) is 1. The van der Waals surface area contributed by atoms with Crippen molar-refractivity contribution in [3.8, 4) is 0 Å². The highest BCUT2D eigenvalue weighted by molar-refractivity contribution is 7.91. The predicted octanol–water partition coefficient (Wildman–Crippen LogP) is 2.87. The van der Waals surface area contributed by atoms with Crippen LogP contribution >= 0.6 is 0 Å². The Kier molecular flexibility index (Phi) is 5.55. The second kappa shape index (κ2) is 7.70. The number of furan rings is 1. The maximum atomic E-state index is 11.6. The van der Waals surface area contributed by atoms with E-state index in [0.29, 0.717) is 18.9 Å². The van der Waals surface area contributed by atoms with Crippen molar-refractivity contribution < 1.29 is 12.8 Å². The SMILES string of the molecule is CC(C)NC(=NCC1CCS(=O)(=O)C1)NC(C)c1cc2ccccc2o1.